The maximum absolute atomic E-state index is 4.70. The average Bonchev–Trinajstić information content (AvgIpc) is 2.89. The third-order valence-corrected chi connectivity index (χ3v) is 4.89. The van der Waals surface area contributed by atoms with Gasteiger partial charge in [0, 0.05) is 38.3 Å². The molecule has 1 saturated heterocycles. The molecule has 2 rings (SSSR count). The molecule has 21 heavy (non-hydrogen) atoms. The summed E-state index contributed by atoms with van der Waals surface area (Å²) >= 11 is 0. The Hall–Kier alpha value is -0.870. The Kier molecular flexibility index (Phi) is 5.82. The molecule has 1 aromatic rings. The third-order valence-electron chi connectivity index (χ3n) is 4.89. The van der Waals surface area contributed by atoms with Crippen molar-refractivity contribution in [3.05, 3.63) is 17.5 Å². The second-order valence-electron chi connectivity index (χ2n) is 6.49. The van der Waals surface area contributed by atoms with Crippen LogP contribution in [0.5, 0.6) is 0 Å². The third kappa shape index (κ3) is 3.86. The molecule has 1 aliphatic heterocycles. The highest BCUT2D eigenvalue weighted by molar-refractivity contribution is 5.11. The number of aryl methyl sites for hydroxylation is 2. The van der Waals surface area contributed by atoms with Crippen molar-refractivity contribution in [1.82, 2.24) is 20.0 Å². The van der Waals surface area contributed by atoms with Crippen LogP contribution in [0.25, 0.3) is 0 Å². The number of aromatic nitrogens is 2. The van der Waals surface area contributed by atoms with E-state index in [1.165, 1.54) is 17.8 Å². The normalized spacial score (nSPS) is 25.2. The highest BCUT2D eigenvalue weighted by atomic mass is 15.3. The number of hydrogen-bond donors (Lipinski definition) is 1. The van der Waals surface area contributed by atoms with Crippen LogP contribution >= 0.6 is 0 Å². The van der Waals surface area contributed by atoms with E-state index in [1.54, 1.807) is 0 Å². The van der Waals surface area contributed by atoms with Gasteiger partial charge in [-0.3, -0.25) is 9.58 Å². The highest BCUT2D eigenvalue weighted by Crippen LogP contribution is 2.21. The van der Waals surface area contributed by atoms with Crippen LogP contribution in [0.3, 0.4) is 0 Å². The fraction of sp³-hybridized carbons (Fsp3) is 0.824. The molecule has 120 valence electrons. The fourth-order valence-corrected chi connectivity index (χ4v) is 3.31. The summed E-state index contributed by atoms with van der Waals surface area (Å²) < 4.78 is 2.18. The Bertz CT molecular complexity index is 440. The van der Waals surface area contributed by atoms with Crippen LogP contribution in [0.2, 0.25) is 0 Å². The molecule has 0 spiro atoms. The number of hydrogen-bond acceptors (Lipinski definition) is 3. The summed E-state index contributed by atoms with van der Waals surface area (Å²) in [6.07, 6.45) is 2.26. The molecule has 4 heteroatoms. The van der Waals surface area contributed by atoms with Gasteiger partial charge in [-0.15, -0.1) is 0 Å². The van der Waals surface area contributed by atoms with Gasteiger partial charge in [-0.05, 0) is 32.3 Å². The van der Waals surface area contributed by atoms with Crippen molar-refractivity contribution in [3.63, 3.8) is 0 Å². The molecule has 0 amide bonds. The summed E-state index contributed by atoms with van der Waals surface area (Å²) in [6.45, 7) is 15.6. The fourth-order valence-electron chi connectivity index (χ4n) is 3.31. The lowest BCUT2D eigenvalue weighted by atomic mass is 9.94. The Balaban J connectivity index is 2.15. The van der Waals surface area contributed by atoms with Gasteiger partial charge < -0.3 is 5.32 Å². The van der Waals surface area contributed by atoms with Crippen molar-refractivity contribution in [2.75, 3.05) is 13.1 Å². The molecule has 0 radical (unpaired) electrons. The minimum atomic E-state index is 0.578. The molecule has 3 atom stereocenters. The lowest BCUT2D eigenvalue weighted by molar-refractivity contribution is 0.0858. The maximum atomic E-state index is 4.70. The highest BCUT2D eigenvalue weighted by Gasteiger charge is 2.29. The van der Waals surface area contributed by atoms with Gasteiger partial charge in [0.05, 0.1) is 11.4 Å². The summed E-state index contributed by atoms with van der Waals surface area (Å²) in [4.78, 5) is 2.66. The Morgan fingerprint density at radius 3 is 2.76 bits per heavy atom. The first kappa shape index (κ1) is 16.5. The second kappa shape index (κ2) is 7.41. The molecule has 0 bridgehead atoms. The summed E-state index contributed by atoms with van der Waals surface area (Å²) in [6, 6.07) is 3.51. The van der Waals surface area contributed by atoms with E-state index >= 15 is 0 Å². The first-order chi connectivity index (χ1) is 10.1. The number of piperazine rings is 1. The Labute approximate surface area is 129 Å². The van der Waals surface area contributed by atoms with E-state index in [0.717, 1.165) is 38.5 Å². The van der Waals surface area contributed by atoms with Gasteiger partial charge in [-0.1, -0.05) is 27.2 Å². The first-order valence-electron chi connectivity index (χ1n) is 8.61. The van der Waals surface area contributed by atoms with Crippen molar-refractivity contribution in [1.29, 1.82) is 0 Å². The van der Waals surface area contributed by atoms with E-state index in [9.17, 15) is 0 Å². The van der Waals surface area contributed by atoms with Gasteiger partial charge >= 0.3 is 0 Å². The zero-order valence-corrected chi connectivity index (χ0v) is 14.4. The van der Waals surface area contributed by atoms with E-state index in [-0.39, 0.29) is 0 Å². The minimum absolute atomic E-state index is 0.578. The quantitative estimate of drug-likeness (QED) is 0.875. The van der Waals surface area contributed by atoms with Crippen LogP contribution in [0, 0.1) is 5.92 Å². The van der Waals surface area contributed by atoms with Gasteiger partial charge in [-0.25, -0.2) is 0 Å². The molecule has 0 aromatic carbocycles. The standard InChI is InChI=1S/C17H32N4/c1-6-13(4)17-10-18-14(5)11-20(17)12-16-9-15(7-2)19-21(16)8-3/h9,13-14,17-18H,6-8,10-12H2,1-5H3. The molecule has 3 unspecified atom stereocenters. The lowest BCUT2D eigenvalue weighted by Gasteiger charge is -2.42. The van der Waals surface area contributed by atoms with Crippen molar-refractivity contribution < 1.29 is 0 Å². The average molecular weight is 292 g/mol. The second-order valence-corrected chi connectivity index (χ2v) is 6.49. The molecule has 4 nitrogen and oxygen atoms in total. The van der Waals surface area contributed by atoms with E-state index in [2.05, 4.69) is 55.6 Å². The lowest BCUT2D eigenvalue weighted by Crippen LogP contribution is -2.57. The zero-order valence-electron chi connectivity index (χ0n) is 14.4. The summed E-state index contributed by atoms with van der Waals surface area (Å²) in [7, 11) is 0. The topological polar surface area (TPSA) is 33.1 Å². The van der Waals surface area contributed by atoms with Gasteiger partial charge in [0.1, 0.15) is 0 Å². The first-order valence-corrected chi connectivity index (χ1v) is 8.61. The molecule has 1 fully saturated rings. The van der Waals surface area contributed by atoms with Crippen LogP contribution in [-0.2, 0) is 19.5 Å². The minimum Gasteiger partial charge on any atom is -0.311 e. The SMILES string of the molecule is CCc1cc(CN2CC(C)NCC2C(C)CC)n(CC)n1. The number of nitrogens with zero attached hydrogens (tertiary/aromatic N) is 3. The van der Waals surface area contributed by atoms with Crippen LogP contribution < -0.4 is 5.32 Å². The molecule has 1 N–H and O–H groups in total. The smallest absolute Gasteiger partial charge is 0.0625 e. The zero-order chi connectivity index (χ0) is 15.4. The molecule has 0 aliphatic carbocycles. The molecular weight excluding hydrogens is 260 g/mol. The van der Waals surface area contributed by atoms with Crippen molar-refractivity contribution in [2.24, 2.45) is 5.92 Å². The van der Waals surface area contributed by atoms with Crippen LogP contribution in [0.15, 0.2) is 6.07 Å². The number of nitrogens with one attached hydrogen (secondary N) is 1. The van der Waals surface area contributed by atoms with Gasteiger partial charge in [0.2, 0.25) is 0 Å². The number of rotatable bonds is 6. The van der Waals surface area contributed by atoms with E-state index in [0.29, 0.717) is 12.1 Å². The monoisotopic (exact) mass is 292 g/mol. The van der Waals surface area contributed by atoms with Crippen LogP contribution in [-0.4, -0.2) is 39.9 Å². The van der Waals surface area contributed by atoms with E-state index in [4.69, 9.17) is 5.10 Å². The summed E-state index contributed by atoms with van der Waals surface area (Å²) in [5, 5.41) is 8.34. The molecular formula is C17H32N4. The van der Waals surface area contributed by atoms with Crippen molar-refractivity contribution in [2.45, 2.75) is 72.6 Å². The van der Waals surface area contributed by atoms with E-state index < -0.39 is 0 Å². The van der Waals surface area contributed by atoms with Crippen LogP contribution in [0.1, 0.15) is 52.4 Å². The largest absolute Gasteiger partial charge is 0.311 e. The maximum Gasteiger partial charge on any atom is 0.0625 e. The molecule has 2 heterocycles. The summed E-state index contributed by atoms with van der Waals surface area (Å²) in [5.74, 6) is 0.730. The van der Waals surface area contributed by atoms with Gasteiger partial charge in [-0.2, -0.15) is 5.10 Å². The molecule has 1 aromatic heterocycles. The van der Waals surface area contributed by atoms with Gasteiger partial charge in [0.25, 0.3) is 0 Å². The predicted octanol–water partition coefficient (Wildman–Crippen LogP) is 2.67. The predicted molar refractivity (Wildman–Crippen MR) is 88.4 cm³/mol. The van der Waals surface area contributed by atoms with Crippen LogP contribution in [0.4, 0.5) is 0 Å². The summed E-state index contributed by atoms with van der Waals surface area (Å²) in [5.41, 5.74) is 2.59. The van der Waals surface area contributed by atoms with Gasteiger partial charge in [0.15, 0.2) is 0 Å². The van der Waals surface area contributed by atoms with Crippen molar-refractivity contribution in [3.8, 4) is 0 Å². The molecule has 1 aliphatic rings. The molecule has 0 saturated carbocycles. The Morgan fingerprint density at radius 1 is 1.38 bits per heavy atom. The van der Waals surface area contributed by atoms with E-state index in [1.807, 2.05) is 0 Å². The Morgan fingerprint density at radius 2 is 2.14 bits per heavy atom. The van der Waals surface area contributed by atoms with Crippen molar-refractivity contribution >= 4 is 0 Å².